The van der Waals surface area contributed by atoms with Crippen molar-refractivity contribution in [3.05, 3.63) is 119 Å². The largest absolute Gasteiger partial charge is 0.504 e. The topological polar surface area (TPSA) is 116 Å². The molecule has 2 N–H and O–H groups in total. The molecule has 2 heterocycles. The van der Waals surface area contributed by atoms with Gasteiger partial charge >= 0.3 is 0 Å². The van der Waals surface area contributed by atoms with Gasteiger partial charge in [-0.15, -0.1) is 0 Å². The van der Waals surface area contributed by atoms with E-state index in [2.05, 4.69) is 5.32 Å². The molecule has 51 heavy (non-hydrogen) atoms. The summed E-state index contributed by atoms with van der Waals surface area (Å²) < 4.78 is 19.6. The van der Waals surface area contributed by atoms with E-state index in [1.54, 1.807) is 31.2 Å². The second kappa shape index (κ2) is 12.1. The Morgan fingerprint density at radius 2 is 1.55 bits per heavy atom. The number of halogens is 2. The fraction of sp³-hybridized carbons (Fsp3) is 0.250. The summed E-state index contributed by atoms with van der Waals surface area (Å²) in [5.41, 5.74) is 2.35. The lowest BCUT2D eigenvalue weighted by Gasteiger charge is -2.49. The van der Waals surface area contributed by atoms with Crippen molar-refractivity contribution in [3.8, 4) is 11.5 Å². The number of benzene rings is 4. The quantitative estimate of drug-likeness (QED) is 0.159. The van der Waals surface area contributed by atoms with Crippen LogP contribution in [-0.4, -0.2) is 35.8 Å². The Morgan fingerprint density at radius 3 is 2.25 bits per heavy atom. The lowest BCUT2D eigenvalue weighted by molar-refractivity contribution is -0.131. The number of hydrogen-bond acceptors (Lipinski definition) is 7. The molecule has 1 saturated carbocycles. The molecule has 4 amide bonds. The number of amides is 4. The maximum Gasteiger partial charge on any atom is 0.241 e. The van der Waals surface area contributed by atoms with Crippen molar-refractivity contribution < 1.29 is 33.4 Å². The van der Waals surface area contributed by atoms with Crippen LogP contribution in [0.4, 0.5) is 27.1 Å². The molecule has 4 aliphatic rings. The van der Waals surface area contributed by atoms with Gasteiger partial charge in [0.05, 0.1) is 46.7 Å². The van der Waals surface area contributed by atoms with Gasteiger partial charge in [0.2, 0.25) is 23.6 Å². The van der Waals surface area contributed by atoms with Gasteiger partial charge in [0.25, 0.3) is 0 Å². The van der Waals surface area contributed by atoms with E-state index in [9.17, 15) is 28.7 Å². The minimum absolute atomic E-state index is 0.0957. The van der Waals surface area contributed by atoms with Crippen LogP contribution in [0.1, 0.15) is 31.2 Å². The third-order valence-electron chi connectivity index (χ3n) is 11.2. The number of rotatable bonds is 6. The van der Waals surface area contributed by atoms with E-state index in [-0.39, 0.29) is 46.9 Å². The first-order valence-electron chi connectivity index (χ1n) is 16.7. The standard InChI is InChI=1S/C40H33ClFN3O6/c1-40-29(37(48)45(39(40)50)25-13-16-31(42)30(41)19-25)20-28-26(35(40)21-8-17-32(46)33(18-21)51-2)14-15-27-34(28)38(49)44(36(27)47)24-11-9-23(10-12-24)43-22-6-4-3-5-7-22/h3-14,16-19,27-29,34-35,43,46H,15,20H2,1-2H3. The number of hydrogen-bond donors (Lipinski definition) is 2. The maximum atomic E-state index is 14.6. The first-order valence-corrected chi connectivity index (χ1v) is 17.1. The number of nitrogens with one attached hydrogen (secondary N) is 1. The van der Waals surface area contributed by atoms with Gasteiger partial charge in [-0.1, -0.05) is 47.5 Å². The van der Waals surface area contributed by atoms with Crippen LogP contribution >= 0.6 is 11.6 Å². The van der Waals surface area contributed by atoms with Crippen LogP contribution in [0.5, 0.6) is 11.5 Å². The van der Waals surface area contributed by atoms with E-state index < -0.39 is 52.6 Å². The summed E-state index contributed by atoms with van der Waals surface area (Å²) in [6.45, 7) is 1.75. The lowest BCUT2D eigenvalue weighted by atomic mass is 9.51. The van der Waals surface area contributed by atoms with Gasteiger partial charge in [0.1, 0.15) is 5.82 Å². The minimum Gasteiger partial charge on any atom is -0.504 e. The number of phenols is 1. The number of aromatic hydroxyl groups is 1. The number of anilines is 4. The number of carbonyl (C=O) groups is 4. The molecule has 4 aromatic rings. The van der Waals surface area contributed by atoms with Gasteiger partial charge in [-0.3, -0.25) is 24.1 Å². The van der Waals surface area contributed by atoms with E-state index in [4.69, 9.17) is 16.3 Å². The van der Waals surface area contributed by atoms with Crippen molar-refractivity contribution in [2.24, 2.45) is 29.1 Å². The van der Waals surface area contributed by atoms with Crippen LogP contribution in [0.15, 0.2) is 103 Å². The zero-order valence-corrected chi connectivity index (χ0v) is 28.4. The maximum absolute atomic E-state index is 14.6. The van der Waals surface area contributed by atoms with Crippen molar-refractivity contribution in [1.29, 1.82) is 0 Å². The first-order chi connectivity index (χ1) is 24.5. The normalized spacial score (nSPS) is 26.8. The zero-order chi connectivity index (χ0) is 35.8. The number of allylic oxidation sites excluding steroid dienone is 2. The number of carbonyl (C=O) groups excluding carboxylic acids is 4. The van der Waals surface area contributed by atoms with E-state index in [0.29, 0.717) is 11.3 Å². The first kappa shape index (κ1) is 32.7. The van der Waals surface area contributed by atoms with E-state index in [1.807, 2.05) is 48.5 Å². The molecule has 6 unspecified atom stereocenters. The Bertz CT molecular complexity index is 2160. The molecule has 8 rings (SSSR count). The molecule has 0 radical (unpaired) electrons. The van der Waals surface area contributed by atoms with Crippen molar-refractivity contribution in [2.45, 2.75) is 25.7 Å². The van der Waals surface area contributed by atoms with Crippen LogP contribution in [-0.2, 0) is 19.2 Å². The Balaban J connectivity index is 1.19. The number of fused-ring (bicyclic) bond motifs is 4. The van der Waals surface area contributed by atoms with Gasteiger partial charge in [-0.2, -0.15) is 0 Å². The Kier molecular flexibility index (Phi) is 7.75. The second-order valence-electron chi connectivity index (χ2n) is 13.7. The predicted molar refractivity (Wildman–Crippen MR) is 189 cm³/mol. The molecule has 0 bridgehead atoms. The third-order valence-corrected chi connectivity index (χ3v) is 11.5. The molecule has 9 nitrogen and oxygen atoms in total. The monoisotopic (exact) mass is 705 g/mol. The number of phenolic OH excluding ortho intramolecular Hbond substituents is 1. The minimum atomic E-state index is -1.33. The molecule has 0 aromatic heterocycles. The number of imide groups is 2. The fourth-order valence-corrected chi connectivity index (χ4v) is 8.95. The van der Waals surface area contributed by atoms with Crippen LogP contribution in [0.3, 0.4) is 0 Å². The van der Waals surface area contributed by atoms with Crippen molar-refractivity contribution in [1.82, 2.24) is 0 Å². The fourth-order valence-electron chi connectivity index (χ4n) is 8.78. The smallest absolute Gasteiger partial charge is 0.241 e. The summed E-state index contributed by atoms with van der Waals surface area (Å²) in [4.78, 5) is 59.8. The number of nitrogens with zero attached hydrogens (tertiary/aromatic N) is 2. The Morgan fingerprint density at radius 1 is 0.843 bits per heavy atom. The summed E-state index contributed by atoms with van der Waals surface area (Å²) >= 11 is 6.10. The average molecular weight is 706 g/mol. The van der Waals surface area contributed by atoms with Crippen LogP contribution in [0.25, 0.3) is 0 Å². The molecule has 0 spiro atoms. The molecule has 3 fully saturated rings. The van der Waals surface area contributed by atoms with Gasteiger partial charge < -0.3 is 15.2 Å². The third kappa shape index (κ3) is 4.95. The highest BCUT2D eigenvalue weighted by molar-refractivity contribution is 6.32. The van der Waals surface area contributed by atoms with Gasteiger partial charge in [-0.25, -0.2) is 9.29 Å². The molecule has 2 aliphatic carbocycles. The molecule has 6 atom stereocenters. The van der Waals surface area contributed by atoms with Gasteiger partial charge in [0, 0.05) is 17.3 Å². The van der Waals surface area contributed by atoms with Gasteiger partial charge in [0.15, 0.2) is 11.5 Å². The summed E-state index contributed by atoms with van der Waals surface area (Å²) in [7, 11) is 1.42. The summed E-state index contributed by atoms with van der Waals surface area (Å²) in [6.07, 6.45) is 2.38. The summed E-state index contributed by atoms with van der Waals surface area (Å²) in [5.74, 6) is -5.78. The zero-order valence-electron chi connectivity index (χ0n) is 27.7. The molecular weight excluding hydrogens is 673 g/mol. The number of para-hydroxylation sites is 1. The molecule has 258 valence electrons. The Hall–Kier alpha value is -5.48. The summed E-state index contributed by atoms with van der Waals surface area (Å²) in [5, 5.41) is 13.5. The van der Waals surface area contributed by atoms with Crippen LogP contribution < -0.4 is 19.9 Å². The van der Waals surface area contributed by atoms with Gasteiger partial charge in [-0.05, 0) is 98.0 Å². The molecular formula is C40H33ClFN3O6. The van der Waals surface area contributed by atoms with Crippen LogP contribution in [0, 0.1) is 34.9 Å². The number of ether oxygens (including phenoxy) is 1. The second-order valence-corrected chi connectivity index (χ2v) is 14.1. The van der Waals surface area contributed by atoms with Crippen molar-refractivity contribution in [2.75, 3.05) is 22.2 Å². The average Bonchev–Trinajstić information content (AvgIpc) is 3.50. The van der Waals surface area contributed by atoms with Crippen LogP contribution in [0.2, 0.25) is 5.02 Å². The molecule has 2 saturated heterocycles. The predicted octanol–water partition coefficient (Wildman–Crippen LogP) is 7.37. The molecule has 2 aliphatic heterocycles. The summed E-state index contributed by atoms with van der Waals surface area (Å²) in [6, 6.07) is 25.3. The highest BCUT2D eigenvalue weighted by atomic mass is 35.5. The highest BCUT2D eigenvalue weighted by Crippen LogP contribution is 2.64. The van der Waals surface area contributed by atoms with E-state index in [1.165, 1.54) is 30.2 Å². The highest BCUT2D eigenvalue weighted by Gasteiger charge is 2.67. The van der Waals surface area contributed by atoms with Crippen molar-refractivity contribution in [3.63, 3.8) is 0 Å². The van der Waals surface area contributed by atoms with Crippen molar-refractivity contribution >= 4 is 58.0 Å². The van der Waals surface area contributed by atoms with E-state index in [0.717, 1.165) is 27.9 Å². The molecule has 11 heteroatoms. The Labute approximate surface area is 298 Å². The molecule has 4 aromatic carbocycles. The SMILES string of the molecule is COc1cc(C2C3=CCC4C(=O)N(c5ccc(Nc6ccccc6)cc5)C(=O)C4C3CC3C(=O)N(c4ccc(F)c(Cl)c4)C(=O)C32C)ccc1O. The number of methoxy groups -OCH3 is 1. The lowest BCUT2D eigenvalue weighted by Crippen LogP contribution is -2.48. The van der Waals surface area contributed by atoms with E-state index >= 15 is 0 Å².